The quantitative estimate of drug-likeness (QED) is 0.483. The maximum Gasteiger partial charge on any atom is 0.136 e. The molecule has 2 nitrogen and oxygen atoms in total. The van der Waals surface area contributed by atoms with Crippen LogP contribution < -0.4 is 0 Å². The van der Waals surface area contributed by atoms with Crippen LogP contribution >= 0.6 is 0 Å². The molecule has 0 radical (unpaired) electrons. The van der Waals surface area contributed by atoms with E-state index in [0.29, 0.717) is 0 Å². The molecule has 0 N–H and O–H groups in total. The first kappa shape index (κ1) is 11.2. The van der Waals surface area contributed by atoms with Gasteiger partial charge >= 0.3 is 0 Å². The van der Waals surface area contributed by atoms with Crippen LogP contribution in [0, 0.1) is 6.92 Å². The molecule has 0 fully saturated rings. The van der Waals surface area contributed by atoms with Gasteiger partial charge in [0.15, 0.2) is 0 Å². The first-order valence-corrected chi connectivity index (χ1v) is 6.66. The lowest BCUT2D eigenvalue weighted by atomic mass is 10.0. The van der Waals surface area contributed by atoms with E-state index in [0.717, 1.165) is 33.2 Å². The van der Waals surface area contributed by atoms with Crippen LogP contribution in [-0.2, 0) is 0 Å². The Morgan fingerprint density at radius 3 is 2.70 bits per heavy atom. The largest absolute Gasteiger partial charge is 0.456 e. The van der Waals surface area contributed by atoms with Gasteiger partial charge in [-0.3, -0.25) is 4.98 Å². The monoisotopic (exact) mass is 259 g/mol. The topological polar surface area (TPSA) is 26.0 Å². The van der Waals surface area contributed by atoms with Crippen molar-refractivity contribution in [3.05, 3.63) is 66.4 Å². The fraction of sp³-hybridized carbons (Fsp3) is 0.0556. The van der Waals surface area contributed by atoms with Crippen LogP contribution in [0.4, 0.5) is 0 Å². The van der Waals surface area contributed by atoms with Gasteiger partial charge < -0.3 is 4.42 Å². The molecule has 0 saturated heterocycles. The van der Waals surface area contributed by atoms with Crippen LogP contribution in [-0.4, -0.2) is 4.98 Å². The number of furan rings is 1. The second-order valence-corrected chi connectivity index (χ2v) is 5.00. The van der Waals surface area contributed by atoms with Crippen LogP contribution in [0.1, 0.15) is 5.56 Å². The molecule has 96 valence electrons. The van der Waals surface area contributed by atoms with E-state index < -0.39 is 0 Å². The average Bonchev–Trinajstić information content (AvgIpc) is 2.86. The fourth-order valence-electron chi connectivity index (χ4n) is 2.68. The number of benzene rings is 2. The summed E-state index contributed by atoms with van der Waals surface area (Å²) >= 11 is 0. The van der Waals surface area contributed by atoms with Gasteiger partial charge in [0, 0.05) is 22.5 Å². The van der Waals surface area contributed by atoms with Crippen molar-refractivity contribution in [2.45, 2.75) is 6.92 Å². The summed E-state index contributed by atoms with van der Waals surface area (Å²) < 4.78 is 5.94. The summed E-state index contributed by atoms with van der Waals surface area (Å²) in [6, 6.07) is 18.4. The summed E-state index contributed by atoms with van der Waals surface area (Å²) in [6.07, 6.45) is 1.82. The molecule has 2 aromatic carbocycles. The highest BCUT2D eigenvalue weighted by Crippen LogP contribution is 2.35. The highest BCUT2D eigenvalue weighted by Gasteiger charge is 2.12. The zero-order valence-corrected chi connectivity index (χ0v) is 11.1. The van der Waals surface area contributed by atoms with Crippen molar-refractivity contribution in [1.82, 2.24) is 4.98 Å². The van der Waals surface area contributed by atoms with Crippen LogP contribution in [0.5, 0.6) is 0 Å². The summed E-state index contributed by atoms with van der Waals surface area (Å²) in [5, 5.41) is 2.30. The summed E-state index contributed by atoms with van der Waals surface area (Å²) in [5.41, 5.74) is 5.16. The predicted molar refractivity (Wildman–Crippen MR) is 81.7 cm³/mol. The van der Waals surface area contributed by atoms with Gasteiger partial charge in [-0.15, -0.1) is 0 Å². The number of pyridine rings is 1. The molecule has 0 bridgehead atoms. The lowest BCUT2D eigenvalue weighted by Gasteiger charge is -2.02. The number of aryl methyl sites for hydroxylation is 1. The van der Waals surface area contributed by atoms with E-state index in [1.807, 2.05) is 42.6 Å². The number of nitrogens with zero attached hydrogens (tertiary/aromatic N) is 1. The SMILES string of the molecule is Cc1ccc2oc3cccc(-c4ccccn4)c3c2c1. The summed E-state index contributed by atoms with van der Waals surface area (Å²) in [4.78, 5) is 4.47. The maximum atomic E-state index is 5.94. The molecular weight excluding hydrogens is 246 g/mol. The van der Waals surface area contributed by atoms with E-state index in [-0.39, 0.29) is 0 Å². The molecule has 2 aromatic heterocycles. The number of aromatic nitrogens is 1. The van der Waals surface area contributed by atoms with Gasteiger partial charge in [0.25, 0.3) is 0 Å². The minimum atomic E-state index is 0.911. The third-order valence-corrected chi connectivity index (χ3v) is 3.59. The number of fused-ring (bicyclic) bond motifs is 3. The average molecular weight is 259 g/mol. The summed E-state index contributed by atoms with van der Waals surface area (Å²) in [5.74, 6) is 0. The minimum absolute atomic E-state index is 0.911. The van der Waals surface area contributed by atoms with Crippen molar-refractivity contribution in [2.24, 2.45) is 0 Å². The van der Waals surface area contributed by atoms with Crippen LogP contribution in [0.3, 0.4) is 0 Å². The highest BCUT2D eigenvalue weighted by atomic mass is 16.3. The second kappa shape index (κ2) is 4.20. The molecule has 0 saturated carbocycles. The molecule has 20 heavy (non-hydrogen) atoms. The van der Waals surface area contributed by atoms with Gasteiger partial charge in [0.05, 0.1) is 5.69 Å². The molecule has 0 unspecified atom stereocenters. The molecule has 0 aliphatic heterocycles. The van der Waals surface area contributed by atoms with E-state index in [1.165, 1.54) is 5.56 Å². The van der Waals surface area contributed by atoms with Crippen molar-refractivity contribution in [2.75, 3.05) is 0 Å². The van der Waals surface area contributed by atoms with Crippen LogP contribution in [0.2, 0.25) is 0 Å². The third-order valence-electron chi connectivity index (χ3n) is 3.59. The second-order valence-electron chi connectivity index (χ2n) is 5.00. The Morgan fingerprint density at radius 2 is 1.85 bits per heavy atom. The van der Waals surface area contributed by atoms with Crippen molar-refractivity contribution >= 4 is 21.9 Å². The van der Waals surface area contributed by atoms with E-state index in [9.17, 15) is 0 Å². The van der Waals surface area contributed by atoms with E-state index >= 15 is 0 Å². The molecule has 4 rings (SSSR count). The Morgan fingerprint density at radius 1 is 0.900 bits per heavy atom. The zero-order chi connectivity index (χ0) is 13.5. The van der Waals surface area contributed by atoms with E-state index in [2.05, 4.69) is 30.1 Å². The number of hydrogen-bond acceptors (Lipinski definition) is 2. The summed E-state index contributed by atoms with van der Waals surface area (Å²) in [6.45, 7) is 2.10. The zero-order valence-electron chi connectivity index (χ0n) is 11.1. The van der Waals surface area contributed by atoms with Gasteiger partial charge in [-0.05, 0) is 37.3 Å². The van der Waals surface area contributed by atoms with Gasteiger partial charge in [-0.2, -0.15) is 0 Å². The van der Waals surface area contributed by atoms with Crippen molar-refractivity contribution < 1.29 is 4.42 Å². The molecule has 2 heterocycles. The number of rotatable bonds is 1. The van der Waals surface area contributed by atoms with Crippen molar-refractivity contribution in [3.8, 4) is 11.3 Å². The maximum absolute atomic E-state index is 5.94. The van der Waals surface area contributed by atoms with Gasteiger partial charge in [-0.25, -0.2) is 0 Å². The fourth-order valence-corrected chi connectivity index (χ4v) is 2.68. The lowest BCUT2D eigenvalue weighted by molar-refractivity contribution is 0.669. The van der Waals surface area contributed by atoms with Crippen LogP contribution in [0.15, 0.2) is 65.2 Å². The first-order valence-electron chi connectivity index (χ1n) is 6.66. The molecular formula is C18H13NO. The minimum Gasteiger partial charge on any atom is -0.456 e. The highest BCUT2D eigenvalue weighted by molar-refractivity contribution is 6.12. The normalized spacial score (nSPS) is 11.2. The molecule has 0 spiro atoms. The van der Waals surface area contributed by atoms with Gasteiger partial charge in [0.2, 0.25) is 0 Å². The van der Waals surface area contributed by atoms with Gasteiger partial charge in [0.1, 0.15) is 11.2 Å². The molecule has 4 aromatic rings. The Kier molecular flexibility index (Phi) is 2.36. The van der Waals surface area contributed by atoms with Gasteiger partial charge in [-0.1, -0.05) is 29.8 Å². The van der Waals surface area contributed by atoms with Crippen molar-refractivity contribution in [3.63, 3.8) is 0 Å². The molecule has 0 aliphatic rings. The van der Waals surface area contributed by atoms with Crippen LogP contribution in [0.25, 0.3) is 33.2 Å². The Labute approximate surface area is 116 Å². The molecule has 0 atom stereocenters. The van der Waals surface area contributed by atoms with Crippen molar-refractivity contribution in [1.29, 1.82) is 0 Å². The molecule has 2 heteroatoms. The standard InChI is InChI=1S/C18H13NO/c1-12-8-9-16-14(11-12)18-13(5-4-7-17(18)20-16)15-6-2-3-10-19-15/h2-11H,1H3. The van der Waals surface area contributed by atoms with E-state index in [1.54, 1.807) is 0 Å². The lowest BCUT2D eigenvalue weighted by Crippen LogP contribution is -1.82. The third kappa shape index (κ3) is 1.62. The summed E-state index contributed by atoms with van der Waals surface area (Å²) in [7, 11) is 0. The molecule has 0 aliphatic carbocycles. The number of hydrogen-bond donors (Lipinski definition) is 0. The first-order chi connectivity index (χ1) is 9.83. The van der Waals surface area contributed by atoms with E-state index in [4.69, 9.17) is 4.42 Å². The smallest absolute Gasteiger partial charge is 0.136 e. The Balaban J connectivity index is 2.16. The Hall–Kier alpha value is -2.61. The predicted octanol–water partition coefficient (Wildman–Crippen LogP) is 4.96. The molecule has 0 amide bonds. The Bertz CT molecular complexity index is 907.